The Morgan fingerprint density at radius 3 is 2.40 bits per heavy atom. The van der Waals surface area contributed by atoms with E-state index in [1.165, 1.54) is 6.07 Å². The van der Waals surface area contributed by atoms with Crippen molar-refractivity contribution in [3.05, 3.63) is 34.9 Å². The quantitative estimate of drug-likeness (QED) is 0.787. The third-order valence-corrected chi connectivity index (χ3v) is 2.15. The molecule has 15 heavy (non-hydrogen) atoms. The number of carbonyl (C=O) groups is 2. The molecule has 0 fully saturated rings. The molecule has 0 amide bonds. The number of hydrogen-bond acceptors (Lipinski definition) is 2. The van der Waals surface area contributed by atoms with Gasteiger partial charge < -0.3 is 10.2 Å². The summed E-state index contributed by atoms with van der Waals surface area (Å²) >= 11 is 0. The lowest BCUT2D eigenvalue weighted by Crippen LogP contribution is -2.08. The normalized spacial score (nSPS) is 9.93. The van der Waals surface area contributed by atoms with E-state index < -0.39 is 11.9 Å². The van der Waals surface area contributed by atoms with Gasteiger partial charge in [-0.05, 0) is 23.6 Å². The first-order valence-corrected chi connectivity index (χ1v) is 4.61. The molecule has 1 rings (SSSR count). The topological polar surface area (TPSA) is 74.6 Å². The molecule has 1 aromatic rings. The van der Waals surface area contributed by atoms with Gasteiger partial charge in [0, 0.05) is 0 Å². The number of aromatic carboxylic acids is 1. The van der Waals surface area contributed by atoms with Crippen LogP contribution in [-0.4, -0.2) is 22.2 Å². The summed E-state index contributed by atoms with van der Waals surface area (Å²) in [4.78, 5) is 21.4. The molecule has 2 N–H and O–H groups in total. The molecule has 4 heteroatoms. The van der Waals surface area contributed by atoms with Gasteiger partial charge in [0.25, 0.3) is 0 Å². The number of benzene rings is 1. The second kappa shape index (κ2) is 4.59. The fraction of sp³-hybridized carbons (Fsp3) is 0.273. The molecule has 0 unspecified atom stereocenters. The Morgan fingerprint density at radius 2 is 1.93 bits per heavy atom. The molecule has 4 nitrogen and oxygen atoms in total. The SMILES string of the molecule is CCc1ccc(CC(=O)O)c(C(=O)O)c1. The van der Waals surface area contributed by atoms with Crippen molar-refractivity contribution in [2.45, 2.75) is 19.8 Å². The maximum Gasteiger partial charge on any atom is 0.335 e. The van der Waals surface area contributed by atoms with Crippen LogP contribution in [0.4, 0.5) is 0 Å². The van der Waals surface area contributed by atoms with Crippen LogP contribution in [0.1, 0.15) is 28.4 Å². The van der Waals surface area contributed by atoms with Gasteiger partial charge in [-0.2, -0.15) is 0 Å². The molecule has 0 atom stereocenters. The first kappa shape index (κ1) is 11.2. The van der Waals surface area contributed by atoms with Crippen LogP contribution >= 0.6 is 0 Å². The summed E-state index contributed by atoms with van der Waals surface area (Å²) in [6, 6.07) is 4.85. The molecule has 0 heterocycles. The Hall–Kier alpha value is -1.84. The van der Waals surface area contributed by atoms with Crippen LogP contribution < -0.4 is 0 Å². The van der Waals surface area contributed by atoms with E-state index in [0.29, 0.717) is 5.56 Å². The van der Waals surface area contributed by atoms with Crippen molar-refractivity contribution in [2.75, 3.05) is 0 Å². The molecular weight excluding hydrogens is 196 g/mol. The summed E-state index contributed by atoms with van der Waals surface area (Å²) in [6.45, 7) is 1.91. The van der Waals surface area contributed by atoms with E-state index in [-0.39, 0.29) is 12.0 Å². The highest BCUT2D eigenvalue weighted by molar-refractivity contribution is 5.91. The first-order chi connectivity index (χ1) is 7.04. The molecule has 0 radical (unpaired) electrons. The highest BCUT2D eigenvalue weighted by atomic mass is 16.4. The van der Waals surface area contributed by atoms with Crippen LogP contribution in [0.25, 0.3) is 0 Å². The van der Waals surface area contributed by atoms with Crippen LogP contribution in [0.5, 0.6) is 0 Å². The summed E-state index contributed by atoms with van der Waals surface area (Å²) < 4.78 is 0. The monoisotopic (exact) mass is 208 g/mol. The summed E-state index contributed by atoms with van der Waals surface area (Å²) in [6.07, 6.45) is 0.471. The van der Waals surface area contributed by atoms with Gasteiger partial charge in [-0.25, -0.2) is 4.79 Å². The lowest BCUT2D eigenvalue weighted by atomic mass is 10.0. The minimum Gasteiger partial charge on any atom is -0.481 e. The van der Waals surface area contributed by atoms with Crippen LogP contribution in [0, 0.1) is 0 Å². The Bertz CT molecular complexity index is 396. The minimum absolute atomic E-state index is 0.0803. The Balaban J connectivity index is 3.15. The van der Waals surface area contributed by atoms with Gasteiger partial charge in [0.2, 0.25) is 0 Å². The van der Waals surface area contributed by atoms with Gasteiger partial charge >= 0.3 is 11.9 Å². The number of rotatable bonds is 4. The van der Waals surface area contributed by atoms with E-state index in [9.17, 15) is 9.59 Å². The van der Waals surface area contributed by atoms with Crippen molar-refractivity contribution >= 4 is 11.9 Å². The molecule has 0 bridgehead atoms. The van der Waals surface area contributed by atoms with Crippen molar-refractivity contribution in [3.63, 3.8) is 0 Å². The second-order valence-electron chi connectivity index (χ2n) is 3.22. The average molecular weight is 208 g/mol. The molecule has 0 aliphatic rings. The molecule has 0 aromatic heterocycles. The predicted octanol–water partition coefficient (Wildman–Crippen LogP) is 1.57. The smallest absolute Gasteiger partial charge is 0.335 e. The lowest BCUT2D eigenvalue weighted by Gasteiger charge is -2.05. The molecule has 0 saturated heterocycles. The van der Waals surface area contributed by atoms with Crippen molar-refractivity contribution in [1.82, 2.24) is 0 Å². The number of carboxylic acids is 2. The summed E-state index contributed by atoms with van der Waals surface area (Å²) in [5.41, 5.74) is 1.31. The highest BCUT2D eigenvalue weighted by Gasteiger charge is 2.12. The lowest BCUT2D eigenvalue weighted by molar-refractivity contribution is -0.136. The van der Waals surface area contributed by atoms with E-state index in [1.54, 1.807) is 12.1 Å². The third kappa shape index (κ3) is 2.80. The van der Waals surface area contributed by atoms with Gasteiger partial charge in [0.1, 0.15) is 0 Å². The Kier molecular flexibility index (Phi) is 3.44. The van der Waals surface area contributed by atoms with Crippen LogP contribution in [0.2, 0.25) is 0 Å². The maximum atomic E-state index is 10.9. The zero-order valence-electron chi connectivity index (χ0n) is 8.36. The first-order valence-electron chi connectivity index (χ1n) is 4.61. The number of hydrogen-bond donors (Lipinski definition) is 2. The fourth-order valence-electron chi connectivity index (χ4n) is 1.36. The zero-order valence-corrected chi connectivity index (χ0v) is 8.36. The Labute approximate surface area is 87.2 Å². The molecule has 0 spiro atoms. The van der Waals surface area contributed by atoms with E-state index in [1.807, 2.05) is 6.92 Å². The van der Waals surface area contributed by atoms with Gasteiger partial charge in [-0.1, -0.05) is 19.1 Å². The van der Waals surface area contributed by atoms with Crippen molar-refractivity contribution < 1.29 is 19.8 Å². The maximum absolute atomic E-state index is 10.9. The summed E-state index contributed by atoms with van der Waals surface area (Å²) in [5, 5.41) is 17.5. The Morgan fingerprint density at radius 1 is 1.27 bits per heavy atom. The number of aryl methyl sites for hydroxylation is 1. The van der Waals surface area contributed by atoms with Gasteiger partial charge in [0.15, 0.2) is 0 Å². The zero-order chi connectivity index (χ0) is 11.4. The van der Waals surface area contributed by atoms with Gasteiger partial charge in [0.05, 0.1) is 12.0 Å². The molecule has 0 aliphatic heterocycles. The van der Waals surface area contributed by atoms with Crippen LogP contribution in [-0.2, 0) is 17.6 Å². The molecule has 1 aromatic carbocycles. The van der Waals surface area contributed by atoms with Crippen LogP contribution in [0.3, 0.4) is 0 Å². The number of aliphatic carboxylic acids is 1. The van der Waals surface area contributed by atoms with E-state index in [2.05, 4.69) is 0 Å². The molecule has 80 valence electrons. The van der Waals surface area contributed by atoms with E-state index in [0.717, 1.165) is 12.0 Å². The number of carboxylic acid groups (broad SMARTS) is 2. The van der Waals surface area contributed by atoms with Gasteiger partial charge in [-0.3, -0.25) is 4.79 Å². The summed E-state index contributed by atoms with van der Waals surface area (Å²) in [5.74, 6) is -2.11. The predicted molar refractivity (Wildman–Crippen MR) is 54.1 cm³/mol. The second-order valence-corrected chi connectivity index (χ2v) is 3.22. The molecule has 0 saturated carbocycles. The van der Waals surface area contributed by atoms with E-state index in [4.69, 9.17) is 10.2 Å². The average Bonchev–Trinajstić information content (AvgIpc) is 2.17. The standard InChI is InChI=1S/C11H12O4/c1-2-7-3-4-8(6-10(12)13)9(5-7)11(14)15/h3-5H,2,6H2,1H3,(H,12,13)(H,14,15). The minimum atomic E-state index is -1.08. The van der Waals surface area contributed by atoms with E-state index >= 15 is 0 Å². The molecule has 0 aliphatic carbocycles. The largest absolute Gasteiger partial charge is 0.481 e. The van der Waals surface area contributed by atoms with Crippen molar-refractivity contribution in [2.24, 2.45) is 0 Å². The summed E-state index contributed by atoms with van der Waals surface area (Å²) in [7, 11) is 0. The third-order valence-electron chi connectivity index (χ3n) is 2.15. The van der Waals surface area contributed by atoms with Crippen molar-refractivity contribution in [1.29, 1.82) is 0 Å². The van der Waals surface area contributed by atoms with Crippen LogP contribution in [0.15, 0.2) is 18.2 Å². The van der Waals surface area contributed by atoms with Gasteiger partial charge in [-0.15, -0.1) is 0 Å². The fourth-order valence-corrected chi connectivity index (χ4v) is 1.36. The van der Waals surface area contributed by atoms with Crippen molar-refractivity contribution in [3.8, 4) is 0 Å². The highest BCUT2D eigenvalue weighted by Crippen LogP contribution is 2.13. The molecular formula is C11H12O4.